The van der Waals surface area contributed by atoms with Gasteiger partial charge >= 0.3 is 6.03 Å². The first kappa shape index (κ1) is 16.3. The zero-order valence-corrected chi connectivity index (χ0v) is 14.3. The minimum Gasteiger partial charge on any atom is -0.359 e. The second-order valence-corrected chi connectivity index (χ2v) is 6.83. The van der Waals surface area contributed by atoms with Gasteiger partial charge in [-0.25, -0.2) is 4.79 Å². The Morgan fingerprint density at radius 1 is 1.35 bits per heavy atom. The summed E-state index contributed by atoms with van der Waals surface area (Å²) in [7, 11) is 0. The Balaban J connectivity index is 1.49. The molecule has 2 saturated heterocycles. The van der Waals surface area contributed by atoms with Gasteiger partial charge in [0.15, 0.2) is 5.76 Å². The lowest BCUT2D eigenvalue weighted by molar-refractivity contribution is 0.155. The number of hydrogen-bond acceptors (Lipinski definition) is 4. The number of carbonyl (C=O) groups is 1. The predicted molar refractivity (Wildman–Crippen MR) is 88.2 cm³/mol. The molecule has 2 atom stereocenters. The summed E-state index contributed by atoms with van der Waals surface area (Å²) in [6, 6.07) is 2.62. The first-order valence-electron chi connectivity index (χ1n) is 8.87. The average molecular weight is 320 g/mol. The van der Waals surface area contributed by atoms with Crippen LogP contribution in [0.25, 0.3) is 0 Å². The quantitative estimate of drug-likeness (QED) is 0.926. The van der Waals surface area contributed by atoms with Gasteiger partial charge in [-0.05, 0) is 46.1 Å². The Labute approximate surface area is 138 Å². The highest BCUT2D eigenvalue weighted by atomic mass is 16.5. The number of urea groups is 1. The lowest BCUT2D eigenvalue weighted by Gasteiger charge is -2.33. The molecule has 0 spiro atoms. The minimum absolute atomic E-state index is 0.0196. The van der Waals surface area contributed by atoms with E-state index in [9.17, 15) is 4.79 Å². The van der Waals surface area contributed by atoms with Gasteiger partial charge < -0.3 is 14.7 Å². The number of rotatable bonds is 4. The van der Waals surface area contributed by atoms with Crippen molar-refractivity contribution >= 4 is 6.03 Å². The van der Waals surface area contributed by atoms with E-state index in [0.29, 0.717) is 12.6 Å². The minimum atomic E-state index is 0.0196. The van der Waals surface area contributed by atoms with Crippen LogP contribution < -0.4 is 5.32 Å². The standard InChI is InChI=1S/C17H28N4O2/c1-13-12-16(23-19-13)15-7-5-10-21(15)17(22)18-8-11-20-9-4-3-6-14(20)2/h12,14-15H,3-11H2,1-2H3,(H,18,22)/t14-,15+/m1/s1. The zero-order chi connectivity index (χ0) is 16.2. The zero-order valence-electron chi connectivity index (χ0n) is 14.3. The van der Waals surface area contributed by atoms with Gasteiger partial charge in [0.1, 0.15) is 0 Å². The van der Waals surface area contributed by atoms with Gasteiger partial charge in [-0.3, -0.25) is 4.90 Å². The number of aromatic nitrogens is 1. The SMILES string of the molecule is Cc1cc([C@@H]2CCCN2C(=O)NCCN2CCCC[C@H]2C)on1. The molecule has 1 N–H and O–H groups in total. The van der Waals surface area contributed by atoms with Crippen molar-refractivity contribution in [2.24, 2.45) is 0 Å². The largest absolute Gasteiger partial charge is 0.359 e. The van der Waals surface area contributed by atoms with E-state index in [1.165, 1.54) is 19.3 Å². The van der Waals surface area contributed by atoms with Crippen molar-refractivity contribution in [1.82, 2.24) is 20.3 Å². The number of carbonyl (C=O) groups excluding carboxylic acids is 1. The van der Waals surface area contributed by atoms with Crippen LogP contribution in [0, 0.1) is 6.92 Å². The third-order valence-corrected chi connectivity index (χ3v) is 5.10. The number of nitrogens with one attached hydrogen (secondary N) is 1. The van der Waals surface area contributed by atoms with Gasteiger partial charge in [0.2, 0.25) is 0 Å². The second kappa shape index (κ2) is 7.34. The fourth-order valence-electron chi connectivity index (χ4n) is 3.74. The van der Waals surface area contributed by atoms with Crippen molar-refractivity contribution in [3.8, 4) is 0 Å². The molecule has 0 aromatic carbocycles. The van der Waals surface area contributed by atoms with E-state index >= 15 is 0 Å². The third-order valence-electron chi connectivity index (χ3n) is 5.10. The van der Waals surface area contributed by atoms with Crippen LogP contribution in [0.4, 0.5) is 4.79 Å². The molecule has 2 amide bonds. The summed E-state index contributed by atoms with van der Waals surface area (Å²) < 4.78 is 5.36. The molecule has 0 bridgehead atoms. The van der Waals surface area contributed by atoms with Gasteiger partial charge in [0.25, 0.3) is 0 Å². The second-order valence-electron chi connectivity index (χ2n) is 6.83. The van der Waals surface area contributed by atoms with E-state index in [-0.39, 0.29) is 12.1 Å². The topological polar surface area (TPSA) is 61.6 Å². The van der Waals surface area contributed by atoms with Crippen molar-refractivity contribution in [1.29, 1.82) is 0 Å². The van der Waals surface area contributed by atoms with Crippen molar-refractivity contribution < 1.29 is 9.32 Å². The molecule has 2 aliphatic heterocycles. The van der Waals surface area contributed by atoms with Crippen LogP contribution in [0.1, 0.15) is 56.5 Å². The van der Waals surface area contributed by atoms with Crippen LogP contribution in [0.5, 0.6) is 0 Å². The van der Waals surface area contributed by atoms with Crippen LogP contribution in [-0.4, -0.2) is 53.2 Å². The van der Waals surface area contributed by atoms with E-state index < -0.39 is 0 Å². The Morgan fingerprint density at radius 2 is 2.22 bits per heavy atom. The Morgan fingerprint density at radius 3 is 2.96 bits per heavy atom. The molecule has 3 rings (SSSR count). The number of amides is 2. The van der Waals surface area contributed by atoms with Crippen LogP contribution in [0.3, 0.4) is 0 Å². The maximum Gasteiger partial charge on any atom is 0.318 e. The van der Waals surface area contributed by atoms with E-state index in [4.69, 9.17) is 4.52 Å². The maximum atomic E-state index is 12.5. The highest BCUT2D eigenvalue weighted by molar-refractivity contribution is 5.75. The van der Waals surface area contributed by atoms with E-state index in [1.807, 2.05) is 17.9 Å². The van der Waals surface area contributed by atoms with Crippen molar-refractivity contribution in [2.45, 2.75) is 58.0 Å². The van der Waals surface area contributed by atoms with Crippen molar-refractivity contribution in [3.63, 3.8) is 0 Å². The molecule has 3 heterocycles. The molecule has 1 aromatic heterocycles. The molecule has 6 heteroatoms. The third kappa shape index (κ3) is 3.86. The van der Waals surface area contributed by atoms with Crippen molar-refractivity contribution in [3.05, 3.63) is 17.5 Å². The summed E-state index contributed by atoms with van der Waals surface area (Å²) in [5, 5.41) is 7.03. The molecule has 0 saturated carbocycles. The predicted octanol–water partition coefficient (Wildman–Crippen LogP) is 2.70. The van der Waals surface area contributed by atoms with E-state index in [2.05, 4.69) is 22.3 Å². The van der Waals surface area contributed by atoms with Crippen LogP contribution in [0.2, 0.25) is 0 Å². The smallest absolute Gasteiger partial charge is 0.318 e. The highest BCUT2D eigenvalue weighted by Crippen LogP contribution is 2.32. The summed E-state index contributed by atoms with van der Waals surface area (Å²) in [5.74, 6) is 0.805. The summed E-state index contributed by atoms with van der Waals surface area (Å²) in [4.78, 5) is 16.9. The molecule has 23 heavy (non-hydrogen) atoms. The van der Waals surface area contributed by atoms with Gasteiger partial charge in [0, 0.05) is 31.7 Å². The molecule has 1 aromatic rings. The van der Waals surface area contributed by atoms with E-state index in [0.717, 1.165) is 43.9 Å². The molecule has 2 fully saturated rings. The lowest BCUT2D eigenvalue weighted by atomic mass is 10.0. The fourth-order valence-corrected chi connectivity index (χ4v) is 3.74. The lowest BCUT2D eigenvalue weighted by Crippen LogP contribution is -2.45. The number of piperidine rings is 1. The van der Waals surface area contributed by atoms with Crippen LogP contribution >= 0.6 is 0 Å². The Bertz CT molecular complexity index is 530. The average Bonchev–Trinajstić information content (AvgIpc) is 3.17. The number of aryl methyl sites for hydroxylation is 1. The monoisotopic (exact) mass is 320 g/mol. The number of nitrogens with zero attached hydrogens (tertiary/aromatic N) is 3. The van der Waals surface area contributed by atoms with Gasteiger partial charge in [-0.2, -0.15) is 0 Å². The molecule has 0 unspecified atom stereocenters. The van der Waals surface area contributed by atoms with Crippen LogP contribution in [-0.2, 0) is 0 Å². The number of likely N-dealkylation sites (tertiary alicyclic amines) is 2. The summed E-state index contributed by atoms with van der Waals surface area (Å²) >= 11 is 0. The fraction of sp³-hybridized carbons (Fsp3) is 0.765. The van der Waals surface area contributed by atoms with Crippen molar-refractivity contribution in [2.75, 3.05) is 26.2 Å². The molecule has 0 aliphatic carbocycles. The normalized spacial score (nSPS) is 25.7. The summed E-state index contributed by atoms with van der Waals surface area (Å²) in [6.45, 7) is 7.78. The van der Waals surface area contributed by atoms with Gasteiger partial charge in [0.05, 0.1) is 11.7 Å². The Hall–Kier alpha value is -1.56. The van der Waals surface area contributed by atoms with Crippen LogP contribution in [0.15, 0.2) is 10.6 Å². The molecular formula is C17H28N4O2. The Kier molecular flexibility index (Phi) is 5.20. The molecular weight excluding hydrogens is 292 g/mol. The molecule has 6 nitrogen and oxygen atoms in total. The summed E-state index contributed by atoms with van der Waals surface area (Å²) in [6.07, 6.45) is 5.84. The van der Waals surface area contributed by atoms with E-state index in [1.54, 1.807) is 0 Å². The molecule has 2 aliphatic rings. The first-order chi connectivity index (χ1) is 11.1. The molecule has 128 valence electrons. The maximum absolute atomic E-state index is 12.5. The first-order valence-corrected chi connectivity index (χ1v) is 8.87. The van der Waals surface area contributed by atoms with Gasteiger partial charge in [-0.15, -0.1) is 0 Å². The number of hydrogen-bond donors (Lipinski definition) is 1. The highest BCUT2D eigenvalue weighted by Gasteiger charge is 2.32. The van der Waals surface area contributed by atoms with Gasteiger partial charge in [-0.1, -0.05) is 11.6 Å². The summed E-state index contributed by atoms with van der Waals surface area (Å²) in [5.41, 5.74) is 0.867. The molecule has 0 radical (unpaired) electrons.